The van der Waals surface area contributed by atoms with Crippen molar-refractivity contribution in [2.45, 2.75) is 25.0 Å². The van der Waals surface area contributed by atoms with Crippen molar-refractivity contribution in [3.63, 3.8) is 0 Å². The Kier molecular flexibility index (Phi) is 5.52. The molecule has 3 nitrogen and oxygen atoms in total. The summed E-state index contributed by atoms with van der Waals surface area (Å²) >= 11 is 12.0. The molecule has 1 atom stereocenters. The second kappa shape index (κ2) is 7.15. The summed E-state index contributed by atoms with van der Waals surface area (Å²) in [6.07, 6.45) is 5.73. The lowest BCUT2D eigenvalue weighted by molar-refractivity contribution is 0.104. The zero-order valence-corrected chi connectivity index (χ0v) is 12.0. The van der Waals surface area contributed by atoms with Gasteiger partial charge in [0.25, 0.3) is 0 Å². The highest BCUT2D eigenvalue weighted by atomic mass is 35.5. The average molecular weight is 302 g/mol. The van der Waals surface area contributed by atoms with E-state index in [0.717, 1.165) is 12.8 Å². The number of hydrogen-bond acceptors (Lipinski definition) is 3. The van der Waals surface area contributed by atoms with Crippen LogP contribution in [-0.4, -0.2) is 30.4 Å². The van der Waals surface area contributed by atoms with Crippen LogP contribution in [-0.2, 0) is 0 Å². The van der Waals surface area contributed by atoms with Crippen molar-refractivity contribution in [2.75, 3.05) is 13.2 Å². The largest absolute Gasteiger partial charge is 0.488 e. The molecule has 5 heteroatoms. The molecule has 0 aliphatic heterocycles. The van der Waals surface area contributed by atoms with Crippen molar-refractivity contribution in [3.05, 3.63) is 40.4 Å². The Bertz CT molecular complexity index is 423. The zero-order chi connectivity index (χ0) is 13.7. The van der Waals surface area contributed by atoms with E-state index < -0.39 is 6.10 Å². The summed E-state index contributed by atoms with van der Waals surface area (Å²) in [4.78, 5) is 0. The summed E-state index contributed by atoms with van der Waals surface area (Å²) in [7, 11) is 0. The normalized spacial score (nSPS) is 16.8. The van der Waals surface area contributed by atoms with Gasteiger partial charge in [0.2, 0.25) is 0 Å². The van der Waals surface area contributed by atoms with Crippen molar-refractivity contribution in [2.24, 2.45) is 0 Å². The van der Waals surface area contributed by atoms with E-state index in [4.69, 9.17) is 27.9 Å². The second-order valence-corrected chi connectivity index (χ2v) is 5.38. The Labute approximate surface area is 123 Å². The van der Waals surface area contributed by atoms with Crippen LogP contribution in [0, 0.1) is 0 Å². The molecule has 2 N–H and O–H groups in total. The number of aliphatic hydroxyl groups is 1. The van der Waals surface area contributed by atoms with Gasteiger partial charge < -0.3 is 15.2 Å². The van der Waals surface area contributed by atoms with Crippen LogP contribution in [0.2, 0.25) is 10.0 Å². The monoisotopic (exact) mass is 301 g/mol. The standard InChI is InChI=1S/C14H17Cl2NO2/c15-12-6-3-7-13(16)14(12)19-9-11(18)8-17-10-4-1-2-5-10/h1-3,6-7,10-11,17-18H,4-5,8-9H2. The fourth-order valence-corrected chi connectivity index (χ4v) is 2.45. The summed E-state index contributed by atoms with van der Waals surface area (Å²) in [5.41, 5.74) is 0. The first-order valence-corrected chi connectivity index (χ1v) is 7.05. The Morgan fingerprint density at radius 2 is 1.89 bits per heavy atom. The molecule has 0 bridgehead atoms. The summed E-state index contributed by atoms with van der Waals surface area (Å²) in [5.74, 6) is 0.424. The van der Waals surface area contributed by atoms with Crippen molar-refractivity contribution < 1.29 is 9.84 Å². The maximum absolute atomic E-state index is 9.86. The topological polar surface area (TPSA) is 41.5 Å². The molecule has 1 aliphatic rings. The number of halogens is 2. The first-order chi connectivity index (χ1) is 9.16. The lowest BCUT2D eigenvalue weighted by Gasteiger charge is -2.17. The van der Waals surface area contributed by atoms with Gasteiger partial charge in [-0.25, -0.2) is 0 Å². The van der Waals surface area contributed by atoms with Crippen LogP contribution in [0.25, 0.3) is 0 Å². The second-order valence-electron chi connectivity index (χ2n) is 4.56. The number of benzene rings is 1. The summed E-state index contributed by atoms with van der Waals surface area (Å²) in [6.45, 7) is 0.658. The molecule has 2 rings (SSSR count). The van der Waals surface area contributed by atoms with Crippen LogP contribution in [0.1, 0.15) is 12.8 Å². The molecule has 0 saturated heterocycles. The predicted molar refractivity (Wildman–Crippen MR) is 78.1 cm³/mol. The fraction of sp³-hybridized carbons (Fsp3) is 0.429. The summed E-state index contributed by atoms with van der Waals surface area (Å²) in [6, 6.07) is 5.59. The molecule has 0 fully saturated rings. The van der Waals surface area contributed by atoms with E-state index in [1.165, 1.54) is 0 Å². The third-order valence-electron chi connectivity index (χ3n) is 2.99. The number of ether oxygens (including phenoxy) is 1. The molecule has 104 valence electrons. The number of rotatable bonds is 6. The number of hydrogen-bond donors (Lipinski definition) is 2. The van der Waals surface area contributed by atoms with Gasteiger partial charge in [-0.15, -0.1) is 0 Å². The first kappa shape index (κ1) is 14.7. The van der Waals surface area contributed by atoms with Crippen LogP contribution >= 0.6 is 23.2 Å². The van der Waals surface area contributed by atoms with Gasteiger partial charge in [-0.3, -0.25) is 0 Å². The number of aliphatic hydroxyl groups excluding tert-OH is 1. The molecule has 19 heavy (non-hydrogen) atoms. The smallest absolute Gasteiger partial charge is 0.156 e. The third kappa shape index (κ3) is 4.39. The SMILES string of the molecule is OC(CNC1CC=CC1)COc1c(Cl)cccc1Cl. The molecule has 1 aliphatic carbocycles. The molecule has 1 aromatic rings. The lowest BCUT2D eigenvalue weighted by atomic mass is 10.2. The van der Waals surface area contributed by atoms with Gasteiger partial charge in [-0.2, -0.15) is 0 Å². The maximum atomic E-state index is 9.86. The molecule has 0 amide bonds. The van der Waals surface area contributed by atoms with Gasteiger partial charge in [0.05, 0.1) is 10.0 Å². The van der Waals surface area contributed by atoms with E-state index in [9.17, 15) is 5.11 Å². The summed E-state index contributed by atoms with van der Waals surface area (Å²) in [5, 5.41) is 14.0. The molecule has 0 aromatic heterocycles. The molecule has 0 saturated carbocycles. The maximum Gasteiger partial charge on any atom is 0.156 e. The van der Waals surface area contributed by atoms with E-state index in [-0.39, 0.29) is 6.61 Å². The Balaban J connectivity index is 1.75. The highest BCUT2D eigenvalue weighted by Crippen LogP contribution is 2.32. The summed E-state index contributed by atoms with van der Waals surface area (Å²) < 4.78 is 5.48. The molecule has 1 unspecified atom stereocenters. The van der Waals surface area contributed by atoms with Gasteiger partial charge in [0.1, 0.15) is 12.7 Å². The Morgan fingerprint density at radius 3 is 2.53 bits per heavy atom. The van der Waals surface area contributed by atoms with Gasteiger partial charge in [-0.05, 0) is 25.0 Å². The minimum Gasteiger partial charge on any atom is -0.488 e. The molecule has 0 spiro atoms. The van der Waals surface area contributed by atoms with Crippen molar-refractivity contribution in [1.29, 1.82) is 0 Å². The minimum absolute atomic E-state index is 0.163. The van der Waals surface area contributed by atoms with E-state index >= 15 is 0 Å². The lowest BCUT2D eigenvalue weighted by Crippen LogP contribution is -2.36. The van der Waals surface area contributed by atoms with Gasteiger partial charge in [-0.1, -0.05) is 41.4 Å². The Hall–Kier alpha value is -0.740. The quantitative estimate of drug-likeness (QED) is 0.794. The molecule has 1 aromatic carbocycles. The number of nitrogens with one attached hydrogen (secondary N) is 1. The van der Waals surface area contributed by atoms with Crippen LogP contribution < -0.4 is 10.1 Å². The van der Waals surface area contributed by atoms with Gasteiger partial charge in [0.15, 0.2) is 5.75 Å². The first-order valence-electron chi connectivity index (χ1n) is 6.30. The van der Waals surface area contributed by atoms with Crippen LogP contribution in [0.15, 0.2) is 30.4 Å². The van der Waals surface area contributed by atoms with Crippen molar-refractivity contribution >= 4 is 23.2 Å². The highest BCUT2D eigenvalue weighted by Gasteiger charge is 2.13. The minimum atomic E-state index is -0.590. The van der Waals surface area contributed by atoms with Gasteiger partial charge >= 0.3 is 0 Å². The van der Waals surface area contributed by atoms with Crippen molar-refractivity contribution in [1.82, 2.24) is 5.32 Å². The zero-order valence-electron chi connectivity index (χ0n) is 10.5. The van der Waals surface area contributed by atoms with E-state index in [0.29, 0.717) is 28.4 Å². The van der Waals surface area contributed by atoms with E-state index in [2.05, 4.69) is 17.5 Å². The highest BCUT2D eigenvalue weighted by molar-refractivity contribution is 6.37. The van der Waals surface area contributed by atoms with Crippen LogP contribution in [0.3, 0.4) is 0 Å². The van der Waals surface area contributed by atoms with Gasteiger partial charge in [0, 0.05) is 12.6 Å². The molecule has 0 heterocycles. The predicted octanol–water partition coefficient (Wildman–Crippen LogP) is 3.04. The van der Waals surface area contributed by atoms with E-state index in [1.54, 1.807) is 18.2 Å². The number of para-hydroxylation sites is 1. The van der Waals surface area contributed by atoms with E-state index in [1.807, 2.05) is 0 Å². The third-order valence-corrected chi connectivity index (χ3v) is 3.58. The average Bonchev–Trinajstić information content (AvgIpc) is 2.89. The van der Waals surface area contributed by atoms with Crippen LogP contribution in [0.4, 0.5) is 0 Å². The van der Waals surface area contributed by atoms with Crippen molar-refractivity contribution in [3.8, 4) is 5.75 Å². The Morgan fingerprint density at radius 1 is 1.26 bits per heavy atom. The fourth-order valence-electron chi connectivity index (χ4n) is 1.95. The van der Waals surface area contributed by atoms with Crippen LogP contribution in [0.5, 0.6) is 5.75 Å². The molecule has 0 radical (unpaired) electrons. The molecular formula is C14H17Cl2NO2. The molecular weight excluding hydrogens is 285 g/mol.